The van der Waals surface area contributed by atoms with Gasteiger partial charge in [-0.3, -0.25) is 9.79 Å². The summed E-state index contributed by atoms with van der Waals surface area (Å²) in [5, 5.41) is 6.19. The molecule has 2 saturated heterocycles. The van der Waals surface area contributed by atoms with Crippen molar-refractivity contribution in [3.8, 4) is 0 Å². The number of carbonyl (C=O) groups is 1. The fraction of sp³-hybridized carbons (Fsp3) is 0.579. The third kappa shape index (κ3) is 4.72. The highest BCUT2D eigenvalue weighted by molar-refractivity contribution is 5.80. The zero-order valence-corrected chi connectivity index (χ0v) is 15.3. The second-order valence-electron chi connectivity index (χ2n) is 7.10. The number of benzene rings is 1. The largest absolute Gasteiger partial charge is 0.381 e. The van der Waals surface area contributed by atoms with Crippen LogP contribution in [0.1, 0.15) is 18.4 Å². The number of ether oxygens (including phenoxy) is 1. The Morgan fingerprint density at radius 3 is 2.73 bits per heavy atom. The Morgan fingerprint density at radius 1 is 1.27 bits per heavy atom. The lowest BCUT2D eigenvalue weighted by atomic mass is 9.87. The monoisotopic (exact) mass is 362 g/mol. The molecule has 2 heterocycles. The SMILES string of the molecule is CN=C(NCCNC(=O)Cc1ccc(F)cc1)N1CCC2(CCOC2)C1. The van der Waals surface area contributed by atoms with Crippen LogP contribution in [-0.2, 0) is 16.0 Å². The number of aliphatic imine (C=N–C) groups is 1. The smallest absolute Gasteiger partial charge is 0.224 e. The van der Waals surface area contributed by atoms with Gasteiger partial charge in [0.1, 0.15) is 5.82 Å². The van der Waals surface area contributed by atoms with E-state index in [2.05, 4.69) is 20.5 Å². The van der Waals surface area contributed by atoms with Crippen LogP contribution in [0.5, 0.6) is 0 Å². The van der Waals surface area contributed by atoms with Gasteiger partial charge in [0.2, 0.25) is 5.91 Å². The molecule has 1 unspecified atom stereocenters. The number of guanidine groups is 1. The Labute approximate surface area is 153 Å². The van der Waals surface area contributed by atoms with Gasteiger partial charge in [0.25, 0.3) is 0 Å². The average Bonchev–Trinajstić information content (AvgIpc) is 3.27. The second-order valence-corrected chi connectivity index (χ2v) is 7.10. The van der Waals surface area contributed by atoms with Gasteiger partial charge in [0.15, 0.2) is 5.96 Å². The van der Waals surface area contributed by atoms with Crippen molar-refractivity contribution in [2.24, 2.45) is 10.4 Å². The number of nitrogens with one attached hydrogen (secondary N) is 2. The molecule has 0 saturated carbocycles. The van der Waals surface area contributed by atoms with Crippen molar-refractivity contribution in [1.82, 2.24) is 15.5 Å². The second kappa shape index (κ2) is 8.49. The molecule has 0 aromatic heterocycles. The summed E-state index contributed by atoms with van der Waals surface area (Å²) in [6.07, 6.45) is 2.52. The van der Waals surface area contributed by atoms with E-state index in [0.717, 1.165) is 50.7 Å². The molecule has 0 bridgehead atoms. The van der Waals surface area contributed by atoms with Crippen molar-refractivity contribution in [3.63, 3.8) is 0 Å². The van der Waals surface area contributed by atoms with Gasteiger partial charge in [-0.2, -0.15) is 0 Å². The quantitative estimate of drug-likeness (QED) is 0.469. The molecule has 2 aliphatic rings. The minimum absolute atomic E-state index is 0.0726. The first kappa shape index (κ1) is 18.6. The lowest BCUT2D eigenvalue weighted by molar-refractivity contribution is -0.120. The number of amides is 1. The lowest BCUT2D eigenvalue weighted by Crippen LogP contribution is -2.44. The van der Waals surface area contributed by atoms with Crippen LogP contribution in [-0.4, -0.2) is 63.2 Å². The number of rotatable bonds is 5. The number of likely N-dealkylation sites (tertiary alicyclic amines) is 1. The number of hydrogen-bond acceptors (Lipinski definition) is 3. The van der Waals surface area contributed by atoms with Gasteiger partial charge >= 0.3 is 0 Å². The van der Waals surface area contributed by atoms with Crippen LogP contribution in [0.4, 0.5) is 4.39 Å². The zero-order valence-electron chi connectivity index (χ0n) is 15.3. The molecule has 142 valence electrons. The van der Waals surface area contributed by atoms with Crippen molar-refractivity contribution >= 4 is 11.9 Å². The molecular formula is C19H27FN4O2. The first-order valence-corrected chi connectivity index (χ1v) is 9.15. The van der Waals surface area contributed by atoms with Crippen molar-refractivity contribution < 1.29 is 13.9 Å². The molecule has 0 aliphatic carbocycles. The van der Waals surface area contributed by atoms with Gasteiger partial charge in [0, 0.05) is 45.2 Å². The zero-order chi connectivity index (χ0) is 18.4. The fourth-order valence-corrected chi connectivity index (χ4v) is 3.65. The molecule has 1 aromatic carbocycles. The number of nitrogens with zero attached hydrogens (tertiary/aromatic N) is 2. The molecule has 1 aromatic rings. The van der Waals surface area contributed by atoms with Gasteiger partial charge in [-0.25, -0.2) is 4.39 Å². The summed E-state index contributed by atoms with van der Waals surface area (Å²) in [7, 11) is 1.78. The topological polar surface area (TPSA) is 66.0 Å². The van der Waals surface area contributed by atoms with E-state index in [1.165, 1.54) is 12.1 Å². The van der Waals surface area contributed by atoms with Crippen LogP contribution in [0.2, 0.25) is 0 Å². The van der Waals surface area contributed by atoms with Gasteiger partial charge < -0.3 is 20.3 Å². The molecule has 2 aliphatic heterocycles. The Balaban J connectivity index is 1.37. The highest BCUT2D eigenvalue weighted by atomic mass is 19.1. The van der Waals surface area contributed by atoms with Gasteiger partial charge in [-0.05, 0) is 30.5 Å². The van der Waals surface area contributed by atoms with E-state index >= 15 is 0 Å². The van der Waals surface area contributed by atoms with E-state index < -0.39 is 0 Å². The highest BCUT2D eigenvalue weighted by Crippen LogP contribution is 2.38. The van der Waals surface area contributed by atoms with Crippen molar-refractivity contribution in [3.05, 3.63) is 35.6 Å². The summed E-state index contributed by atoms with van der Waals surface area (Å²) in [5.41, 5.74) is 1.09. The van der Waals surface area contributed by atoms with Gasteiger partial charge in [-0.1, -0.05) is 12.1 Å². The molecule has 3 rings (SSSR count). The van der Waals surface area contributed by atoms with Crippen LogP contribution >= 0.6 is 0 Å². The molecule has 2 N–H and O–H groups in total. The van der Waals surface area contributed by atoms with Crippen LogP contribution in [0.3, 0.4) is 0 Å². The number of halogens is 1. The lowest BCUT2D eigenvalue weighted by Gasteiger charge is -2.25. The average molecular weight is 362 g/mol. The van der Waals surface area contributed by atoms with E-state index in [4.69, 9.17) is 4.74 Å². The Hall–Kier alpha value is -2.15. The first-order valence-electron chi connectivity index (χ1n) is 9.15. The fourth-order valence-electron chi connectivity index (χ4n) is 3.65. The number of carbonyl (C=O) groups excluding carboxylic acids is 1. The van der Waals surface area contributed by atoms with E-state index in [9.17, 15) is 9.18 Å². The number of hydrogen-bond donors (Lipinski definition) is 2. The van der Waals surface area contributed by atoms with Crippen LogP contribution in [0.25, 0.3) is 0 Å². The molecule has 0 radical (unpaired) electrons. The molecular weight excluding hydrogens is 335 g/mol. The predicted octanol–water partition coefficient (Wildman–Crippen LogP) is 1.17. The normalized spacial score (nSPS) is 22.8. The molecule has 1 spiro atoms. The van der Waals surface area contributed by atoms with E-state index in [0.29, 0.717) is 18.5 Å². The third-order valence-electron chi connectivity index (χ3n) is 5.14. The summed E-state index contributed by atoms with van der Waals surface area (Å²) < 4.78 is 18.4. The van der Waals surface area contributed by atoms with Crippen LogP contribution in [0, 0.1) is 11.2 Å². The third-order valence-corrected chi connectivity index (χ3v) is 5.14. The standard InChI is InChI=1S/C19H27FN4O2/c1-21-18(24-10-6-19(13-24)7-11-26-14-19)23-9-8-22-17(25)12-15-2-4-16(20)5-3-15/h2-5H,6-14H2,1H3,(H,21,23)(H,22,25). The summed E-state index contributed by atoms with van der Waals surface area (Å²) >= 11 is 0. The molecule has 2 fully saturated rings. The molecule has 1 atom stereocenters. The van der Waals surface area contributed by atoms with Gasteiger partial charge in [-0.15, -0.1) is 0 Å². The van der Waals surface area contributed by atoms with Gasteiger partial charge in [0.05, 0.1) is 13.0 Å². The predicted molar refractivity (Wildman–Crippen MR) is 98.5 cm³/mol. The molecule has 1 amide bonds. The first-order chi connectivity index (χ1) is 12.6. The summed E-state index contributed by atoms with van der Waals surface area (Å²) in [6, 6.07) is 5.99. The minimum atomic E-state index is -0.294. The minimum Gasteiger partial charge on any atom is -0.381 e. The van der Waals surface area contributed by atoms with Crippen molar-refractivity contribution in [2.45, 2.75) is 19.3 Å². The van der Waals surface area contributed by atoms with E-state index in [1.54, 1.807) is 19.2 Å². The summed E-state index contributed by atoms with van der Waals surface area (Å²) in [6.45, 7) is 4.80. The van der Waals surface area contributed by atoms with Crippen molar-refractivity contribution in [1.29, 1.82) is 0 Å². The Bertz CT molecular complexity index is 641. The summed E-state index contributed by atoms with van der Waals surface area (Å²) in [5.74, 6) is 0.510. The maximum absolute atomic E-state index is 12.9. The highest BCUT2D eigenvalue weighted by Gasteiger charge is 2.42. The van der Waals surface area contributed by atoms with Crippen LogP contribution < -0.4 is 10.6 Å². The Kier molecular flexibility index (Phi) is 6.08. The molecule has 6 nitrogen and oxygen atoms in total. The van der Waals surface area contributed by atoms with Crippen LogP contribution in [0.15, 0.2) is 29.3 Å². The maximum atomic E-state index is 12.9. The maximum Gasteiger partial charge on any atom is 0.224 e. The molecule has 7 heteroatoms. The van der Waals surface area contributed by atoms with Crippen molar-refractivity contribution in [2.75, 3.05) is 46.4 Å². The Morgan fingerprint density at radius 2 is 2.04 bits per heavy atom. The van der Waals surface area contributed by atoms with E-state index in [1.807, 2.05) is 0 Å². The van der Waals surface area contributed by atoms with E-state index in [-0.39, 0.29) is 18.1 Å². The summed E-state index contributed by atoms with van der Waals surface area (Å²) in [4.78, 5) is 18.6. The molecule has 26 heavy (non-hydrogen) atoms.